The molecule has 2 atom stereocenters. The smallest absolute Gasteiger partial charge is 0.0948 e. The van der Waals surface area contributed by atoms with Crippen LogP contribution in [-0.4, -0.2) is 21.4 Å². The van der Waals surface area contributed by atoms with Crippen LogP contribution < -0.4 is 0 Å². The third-order valence-corrected chi connectivity index (χ3v) is 4.82. The predicted molar refractivity (Wildman–Crippen MR) is 69.7 cm³/mol. The molecule has 0 aromatic rings. The third-order valence-electron chi connectivity index (χ3n) is 4.82. The summed E-state index contributed by atoms with van der Waals surface area (Å²) < 4.78 is 0. The van der Waals surface area contributed by atoms with Gasteiger partial charge < -0.3 is 10.2 Å². The van der Waals surface area contributed by atoms with Crippen LogP contribution >= 0.6 is 0 Å². The van der Waals surface area contributed by atoms with Crippen molar-refractivity contribution in [3.05, 3.63) is 23.8 Å². The fraction of sp³-hybridized carbons (Fsp3) is 0.733. The van der Waals surface area contributed by atoms with Gasteiger partial charge in [0, 0.05) is 11.8 Å². The van der Waals surface area contributed by atoms with Gasteiger partial charge in [-0.15, -0.1) is 0 Å². The SMILES string of the molecule is C=C1CCCC2(C)CC=C(C(C)(C)O)CC12O. The molecule has 2 N–H and O–H groups in total. The maximum Gasteiger partial charge on any atom is 0.0948 e. The Bertz CT molecular complexity index is 375. The Balaban J connectivity index is 2.39. The Morgan fingerprint density at radius 2 is 2.06 bits per heavy atom. The molecule has 17 heavy (non-hydrogen) atoms. The molecule has 2 nitrogen and oxygen atoms in total. The molecule has 0 bridgehead atoms. The van der Waals surface area contributed by atoms with Crippen LogP contribution in [0.15, 0.2) is 23.8 Å². The van der Waals surface area contributed by atoms with E-state index in [4.69, 9.17) is 0 Å². The van der Waals surface area contributed by atoms with E-state index in [2.05, 4.69) is 19.6 Å². The predicted octanol–water partition coefficient (Wildman–Crippen LogP) is 2.96. The van der Waals surface area contributed by atoms with Crippen LogP contribution in [0.2, 0.25) is 0 Å². The zero-order valence-corrected chi connectivity index (χ0v) is 11.2. The van der Waals surface area contributed by atoms with E-state index in [9.17, 15) is 10.2 Å². The van der Waals surface area contributed by atoms with Crippen LogP contribution in [0.1, 0.15) is 52.9 Å². The molecule has 2 aliphatic rings. The zero-order chi connectivity index (χ0) is 12.9. The molecule has 0 amide bonds. The molecule has 1 fully saturated rings. The van der Waals surface area contributed by atoms with Crippen molar-refractivity contribution in [2.24, 2.45) is 5.41 Å². The maximum absolute atomic E-state index is 11.0. The van der Waals surface area contributed by atoms with Gasteiger partial charge in [-0.25, -0.2) is 0 Å². The van der Waals surface area contributed by atoms with Crippen molar-refractivity contribution < 1.29 is 10.2 Å². The highest BCUT2D eigenvalue weighted by Crippen LogP contribution is 2.55. The van der Waals surface area contributed by atoms with E-state index < -0.39 is 11.2 Å². The van der Waals surface area contributed by atoms with Crippen LogP contribution in [-0.2, 0) is 0 Å². The van der Waals surface area contributed by atoms with Gasteiger partial charge in [-0.2, -0.15) is 0 Å². The van der Waals surface area contributed by atoms with Crippen molar-refractivity contribution >= 4 is 0 Å². The van der Waals surface area contributed by atoms with Crippen molar-refractivity contribution in [3.8, 4) is 0 Å². The molecule has 0 spiro atoms. The van der Waals surface area contributed by atoms with E-state index >= 15 is 0 Å². The first kappa shape index (κ1) is 12.8. The lowest BCUT2D eigenvalue weighted by molar-refractivity contribution is -0.0766. The highest BCUT2D eigenvalue weighted by Gasteiger charge is 2.53. The largest absolute Gasteiger partial charge is 0.386 e. The van der Waals surface area contributed by atoms with Crippen molar-refractivity contribution in [1.29, 1.82) is 0 Å². The van der Waals surface area contributed by atoms with Crippen LogP contribution in [0, 0.1) is 5.41 Å². The summed E-state index contributed by atoms with van der Waals surface area (Å²) in [6.07, 6.45) is 6.55. The van der Waals surface area contributed by atoms with Crippen molar-refractivity contribution in [2.45, 2.75) is 64.1 Å². The van der Waals surface area contributed by atoms with E-state index in [1.165, 1.54) is 0 Å². The molecule has 0 aromatic heterocycles. The molecule has 2 rings (SSSR count). The first-order chi connectivity index (χ1) is 7.69. The standard InChI is InChI=1S/C15H24O2/c1-11-6-5-8-14(4)9-7-12(13(2,3)16)10-15(11,14)17/h7,16-17H,1,5-6,8-10H2,2-4H3. The second kappa shape index (κ2) is 3.69. The van der Waals surface area contributed by atoms with Crippen LogP contribution in [0.4, 0.5) is 0 Å². The molecule has 2 heteroatoms. The van der Waals surface area contributed by atoms with Gasteiger partial charge >= 0.3 is 0 Å². The van der Waals surface area contributed by atoms with Crippen molar-refractivity contribution in [3.63, 3.8) is 0 Å². The monoisotopic (exact) mass is 236 g/mol. The molecular weight excluding hydrogens is 212 g/mol. The van der Waals surface area contributed by atoms with Gasteiger partial charge in [0.05, 0.1) is 11.2 Å². The summed E-state index contributed by atoms with van der Waals surface area (Å²) >= 11 is 0. The summed E-state index contributed by atoms with van der Waals surface area (Å²) in [5.41, 5.74) is 0.128. The topological polar surface area (TPSA) is 40.5 Å². The minimum atomic E-state index is -0.839. The number of allylic oxidation sites excluding steroid dienone is 1. The average Bonchev–Trinajstić information content (AvgIpc) is 2.19. The number of hydrogen-bond donors (Lipinski definition) is 2. The molecule has 0 heterocycles. The Morgan fingerprint density at radius 1 is 1.41 bits per heavy atom. The molecule has 0 aliphatic heterocycles. The van der Waals surface area contributed by atoms with E-state index in [1.807, 2.05) is 0 Å². The van der Waals surface area contributed by atoms with Gasteiger partial charge in [0.1, 0.15) is 0 Å². The molecule has 0 saturated heterocycles. The van der Waals surface area contributed by atoms with Gasteiger partial charge in [0.2, 0.25) is 0 Å². The minimum absolute atomic E-state index is 0.100. The van der Waals surface area contributed by atoms with Crippen molar-refractivity contribution in [1.82, 2.24) is 0 Å². The second-order valence-electron chi connectivity index (χ2n) is 6.55. The fourth-order valence-electron chi connectivity index (χ4n) is 3.30. The summed E-state index contributed by atoms with van der Waals surface area (Å²) in [5, 5.41) is 21.1. The molecule has 0 aromatic carbocycles. The maximum atomic E-state index is 11.0. The number of fused-ring (bicyclic) bond motifs is 1. The number of hydrogen-bond acceptors (Lipinski definition) is 2. The van der Waals surface area contributed by atoms with Gasteiger partial charge in [0.15, 0.2) is 0 Å². The summed E-state index contributed by atoms with van der Waals surface area (Å²) in [6, 6.07) is 0. The van der Waals surface area contributed by atoms with E-state index in [1.54, 1.807) is 13.8 Å². The molecule has 0 radical (unpaired) electrons. The summed E-state index contributed by atoms with van der Waals surface area (Å²) in [4.78, 5) is 0. The van der Waals surface area contributed by atoms with E-state index in [0.717, 1.165) is 36.8 Å². The Hall–Kier alpha value is -0.600. The highest BCUT2D eigenvalue weighted by atomic mass is 16.3. The van der Waals surface area contributed by atoms with Crippen molar-refractivity contribution in [2.75, 3.05) is 0 Å². The van der Waals surface area contributed by atoms with E-state index in [0.29, 0.717) is 6.42 Å². The molecule has 2 aliphatic carbocycles. The highest BCUT2D eigenvalue weighted by molar-refractivity contribution is 5.33. The van der Waals surface area contributed by atoms with Crippen LogP contribution in [0.3, 0.4) is 0 Å². The molecule has 2 unspecified atom stereocenters. The Labute approximate surface area is 104 Å². The summed E-state index contributed by atoms with van der Waals surface area (Å²) in [6.45, 7) is 9.80. The van der Waals surface area contributed by atoms with Gasteiger partial charge in [-0.05, 0) is 50.7 Å². The quantitative estimate of drug-likeness (QED) is 0.687. The lowest BCUT2D eigenvalue weighted by Gasteiger charge is -2.53. The van der Waals surface area contributed by atoms with E-state index in [-0.39, 0.29) is 5.41 Å². The number of rotatable bonds is 1. The van der Waals surface area contributed by atoms with Gasteiger partial charge in [-0.3, -0.25) is 0 Å². The lowest BCUT2D eigenvalue weighted by Crippen LogP contribution is -2.53. The fourth-order valence-corrected chi connectivity index (χ4v) is 3.30. The lowest BCUT2D eigenvalue weighted by atomic mass is 9.55. The Morgan fingerprint density at radius 3 is 2.65 bits per heavy atom. The summed E-state index contributed by atoms with van der Waals surface area (Å²) in [7, 11) is 0. The Kier molecular flexibility index (Phi) is 2.79. The molecular formula is C15H24O2. The normalized spacial score (nSPS) is 38.6. The second-order valence-corrected chi connectivity index (χ2v) is 6.55. The molecule has 96 valence electrons. The van der Waals surface area contributed by atoms with Crippen LogP contribution in [0.5, 0.6) is 0 Å². The third kappa shape index (κ3) is 1.88. The first-order valence-electron chi connectivity index (χ1n) is 6.52. The number of aliphatic hydroxyl groups is 2. The molecule has 1 saturated carbocycles. The van der Waals surface area contributed by atoms with Gasteiger partial charge in [-0.1, -0.05) is 19.6 Å². The summed E-state index contributed by atoms with van der Waals surface area (Å²) in [5.74, 6) is 0. The average molecular weight is 236 g/mol. The first-order valence-corrected chi connectivity index (χ1v) is 6.52. The zero-order valence-electron chi connectivity index (χ0n) is 11.2. The van der Waals surface area contributed by atoms with Gasteiger partial charge in [0.25, 0.3) is 0 Å². The van der Waals surface area contributed by atoms with Crippen LogP contribution in [0.25, 0.3) is 0 Å². The minimum Gasteiger partial charge on any atom is -0.386 e.